The zero-order valence-electron chi connectivity index (χ0n) is 15.1. The molecule has 3 unspecified atom stereocenters. The van der Waals surface area contributed by atoms with Crippen molar-refractivity contribution in [1.82, 2.24) is 10.3 Å². The Morgan fingerprint density at radius 2 is 2.08 bits per heavy atom. The lowest BCUT2D eigenvalue weighted by Gasteiger charge is -2.27. The van der Waals surface area contributed by atoms with Gasteiger partial charge in [-0.1, -0.05) is 23.8 Å². The summed E-state index contributed by atoms with van der Waals surface area (Å²) in [5.74, 6) is -0.917. The number of methoxy groups -OCH3 is 2. The molecule has 1 aromatic rings. The van der Waals surface area contributed by atoms with Gasteiger partial charge in [0.05, 0.1) is 25.0 Å². The number of rotatable bonds is 11. The van der Waals surface area contributed by atoms with Gasteiger partial charge in [0, 0.05) is 25.6 Å². The van der Waals surface area contributed by atoms with Crippen molar-refractivity contribution in [3.05, 3.63) is 24.4 Å². The summed E-state index contributed by atoms with van der Waals surface area (Å²) in [6.07, 6.45) is 1.90. The second-order valence-electron chi connectivity index (χ2n) is 5.37. The van der Waals surface area contributed by atoms with Crippen LogP contribution in [0.5, 0.6) is 0 Å². The van der Waals surface area contributed by atoms with Crippen LogP contribution in [-0.4, -0.2) is 49.5 Å². The molecule has 1 heterocycles. The molecule has 0 aliphatic rings. The Labute approximate surface area is 157 Å². The second-order valence-corrected chi connectivity index (χ2v) is 7.80. The smallest absolute Gasteiger partial charge is 0.312 e. The van der Waals surface area contributed by atoms with E-state index in [1.165, 1.54) is 14.2 Å². The number of nitrogens with zero attached hydrogens (tertiary/aromatic N) is 1. The molecule has 0 saturated carbocycles. The van der Waals surface area contributed by atoms with Gasteiger partial charge in [-0.2, -0.15) is 0 Å². The highest BCUT2D eigenvalue weighted by molar-refractivity contribution is 8.76. The molecule has 0 aliphatic carbocycles. The predicted molar refractivity (Wildman–Crippen MR) is 101 cm³/mol. The second kappa shape index (κ2) is 12.2. The quantitative estimate of drug-likeness (QED) is 0.356. The lowest BCUT2D eigenvalue weighted by atomic mass is 9.85. The molecule has 0 saturated heterocycles. The van der Waals surface area contributed by atoms with E-state index in [4.69, 9.17) is 9.47 Å². The average molecular weight is 387 g/mol. The summed E-state index contributed by atoms with van der Waals surface area (Å²) in [6, 6.07) is 5.75. The fourth-order valence-corrected chi connectivity index (χ4v) is 4.20. The summed E-state index contributed by atoms with van der Waals surface area (Å²) in [5, 5.41) is 3.84. The number of hydrogen-bond donors (Lipinski definition) is 1. The average Bonchev–Trinajstić information content (AvgIpc) is 2.65. The molecule has 0 spiro atoms. The van der Waals surface area contributed by atoms with Crippen molar-refractivity contribution in [2.75, 3.05) is 26.5 Å². The molecule has 0 fully saturated rings. The third-order valence-corrected chi connectivity index (χ3v) is 6.09. The van der Waals surface area contributed by atoms with E-state index in [9.17, 15) is 9.59 Å². The summed E-state index contributed by atoms with van der Waals surface area (Å²) in [7, 11) is 6.04. The van der Waals surface area contributed by atoms with Gasteiger partial charge in [-0.15, -0.1) is 0 Å². The predicted octanol–water partition coefficient (Wildman–Crippen LogP) is 2.79. The van der Waals surface area contributed by atoms with Gasteiger partial charge in [0.1, 0.15) is 5.03 Å². The lowest BCUT2D eigenvalue weighted by Crippen LogP contribution is -2.43. The summed E-state index contributed by atoms with van der Waals surface area (Å²) >= 11 is 0. The van der Waals surface area contributed by atoms with Gasteiger partial charge in [-0.05, 0) is 36.3 Å². The fourth-order valence-electron chi connectivity index (χ4n) is 2.41. The summed E-state index contributed by atoms with van der Waals surface area (Å²) < 4.78 is 10.1. The molecule has 1 aromatic heterocycles. The van der Waals surface area contributed by atoms with Crippen LogP contribution in [0.2, 0.25) is 0 Å². The maximum absolute atomic E-state index is 12.5. The van der Waals surface area contributed by atoms with Crippen LogP contribution in [0.15, 0.2) is 29.4 Å². The minimum absolute atomic E-state index is 0.148. The van der Waals surface area contributed by atoms with Crippen LogP contribution in [0.1, 0.15) is 20.3 Å². The molecule has 0 aliphatic heterocycles. The van der Waals surface area contributed by atoms with Crippen LogP contribution in [0.4, 0.5) is 0 Å². The number of carbonyl (C=O) groups is 2. The summed E-state index contributed by atoms with van der Waals surface area (Å²) in [5.41, 5.74) is 0. The first-order chi connectivity index (χ1) is 12.0. The van der Waals surface area contributed by atoms with E-state index in [1.54, 1.807) is 34.7 Å². The van der Waals surface area contributed by atoms with Crippen molar-refractivity contribution in [2.45, 2.75) is 31.4 Å². The Morgan fingerprint density at radius 3 is 2.64 bits per heavy atom. The van der Waals surface area contributed by atoms with Gasteiger partial charge in [0.2, 0.25) is 5.91 Å². The first-order valence-electron chi connectivity index (χ1n) is 8.13. The molecule has 6 nitrogen and oxygen atoms in total. The SMILES string of the molecule is CCC(C(=O)NCCSSc1ccccn1)C(C(=O)OC)C(C)OC. The highest BCUT2D eigenvalue weighted by Crippen LogP contribution is 2.28. The monoisotopic (exact) mass is 386 g/mol. The van der Waals surface area contributed by atoms with Gasteiger partial charge in [0.15, 0.2) is 0 Å². The van der Waals surface area contributed by atoms with Crippen molar-refractivity contribution < 1.29 is 19.1 Å². The van der Waals surface area contributed by atoms with Gasteiger partial charge >= 0.3 is 5.97 Å². The van der Waals surface area contributed by atoms with Gasteiger partial charge in [0.25, 0.3) is 0 Å². The van der Waals surface area contributed by atoms with E-state index < -0.39 is 23.9 Å². The third kappa shape index (κ3) is 7.25. The number of amides is 1. The van der Waals surface area contributed by atoms with E-state index >= 15 is 0 Å². The van der Waals surface area contributed by atoms with Crippen molar-refractivity contribution in [1.29, 1.82) is 0 Å². The summed E-state index contributed by atoms with van der Waals surface area (Å²) in [4.78, 5) is 28.8. The molecule has 1 rings (SSSR count). The van der Waals surface area contributed by atoms with Crippen LogP contribution in [0.3, 0.4) is 0 Å². The van der Waals surface area contributed by atoms with Crippen molar-refractivity contribution in [3.8, 4) is 0 Å². The molecular formula is C17H26N2O4S2. The van der Waals surface area contributed by atoms with Crippen LogP contribution >= 0.6 is 21.6 Å². The van der Waals surface area contributed by atoms with Crippen LogP contribution in [0, 0.1) is 11.8 Å². The lowest BCUT2D eigenvalue weighted by molar-refractivity contribution is -0.156. The number of ether oxygens (including phenoxy) is 2. The number of carbonyl (C=O) groups excluding carboxylic acids is 2. The maximum atomic E-state index is 12.5. The van der Waals surface area contributed by atoms with E-state index in [2.05, 4.69) is 10.3 Å². The van der Waals surface area contributed by atoms with Gasteiger partial charge < -0.3 is 14.8 Å². The first kappa shape index (κ1) is 21.8. The molecule has 0 radical (unpaired) electrons. The largest absolute Gasteiger partial charge is 0.469 e. The van der Waals surface area contributed by atoms with Crippen LogP contribution < -0.4 is 5.32 Å². The molecule has 8 heteroatoms. The van der Waals surface area contributed by atoms with Crippen molar-refractivity contribution in [2.24, 2.45) is 11.8 Å². The fraction of sp³-hybridized carbons (Fsp3) is 0.588. The van der Waals surface area contributed by atoms with Crippen LogP contribution in [-0.2, 0) is 19.1 Å². The molecule has 25 heavy (non-hydrogen) atoms. The first-order valence-corrected chi connectivity index (χ1v) is 10.5. The number of aromatic nitrogens is 1. The Kier molecular flexibility index (Phi) is 10.6. The van der Waals surface area contributed by atoms with E-state index in [0.717, 1.165) is 10.8 Å². The van der Waals surface area contributed by atoms with Crippen molar-refractivity contribution in [3.63, 3.8) is 0 Å². The van der Waals surface area contributed by atoms with E-state index in [1.807, 2.05) is 25.1 Å². The Balaban J connectivity index is 2.47. The zero-order chi connectivity index (χ0) is 18.7. The van der Waals surface area contributed by atoms with Gasteiger partial charge in [-0.3, -0.25) is 9.59 Å². The maximum Gasteiger partial charge on any atom is 0.312 e. The van der Waals surface area contributed by atoms with Crippen molar-refractivity contribution >= 4 is 33.5 Å². The van der Waals surface area contributed by atoms with Crippen LogP contribution in [0.25, 0.3) is 0 Å². The molecule has 3 atom stereocenters. The normalized spacial score (nSPS) is 14.4. The highest BCUT2D eigenvalue weighted by atomic mass is 33.1. The van der Waals surface area contributed by atoms with E-state index in [0.29, 0.717) is 13.0 Å². The number of pyridine rings is 1. The molecule has 140 valence electrons. The Morgan fingerprint density at radius 1 is 1.32 bits per heavy atom. The topological polar surface area (TPSA) is 77.5 Å². The third-order valence-electron chi connectivity index (χ3n) is 3.83. The molecule has 1 N–H and O–H groups in total. The molecule has 0 bridgehead atoms. The standard InChI is InChI=1S/C17H26N2O4S2/c1-5-13(15(12(2)22-3)17(21)23-4)16(20)19-10-11-24-25-14-8-6-7-9-18-14/h6-9,12-13,15H,5,10-11H2,1-4H3,(H,19,20). The van der Waals surface area contributed by atoms with Gasteiger partial charge in [-0.25, -0.2) is 4.98 Å². The Hall–Kier alpha value is -1.25. The number of hydrogen-bond acceptors (Lipinski definition) is 7. The zero-order valence-corrected chi connectivity index (χ0v) is 16.7. The Bertz CT molecular complexity index is 531. The van der Waals surface area contributed by atoms with E-state index in [-0.39, 0.29) is 5.91 Å². The molecule has 1 amide bonds. The molecule has 0 aromatic carbocycles. The summed E-state index contributed by atoms with van der Waals surface area (Å²) in [6.45, 7) is 4.18. The number of esters is 1. The highest BCUT2D eigenvalue weighted by Gasteiger charge is 2.37. The minimum atomic E-state index is -0.615. The number of nitrogens with one attached hydrogen (secondary N) is 1. The molecular weight excluding hydrogens is 360 g/mol. The minimum Gasteiger partial charge on any atom is -0.469 e.